The summed E-state index contributed by atoms with van der Waals surface area (Å²) in [7, 11) is 1.46. The van der Waals surface area contributed by atoms with Gasteiger partial charge in [0, 0.05) is 25.6 Å². The predicted molar refractivity (Wildman–Crippen MR) is 82.9 cm³/mol. The van der Waals surface area contributed by atoms with E-state index in [9.17, 15) is 9.59 Å². The van der Waals surface area contributed by atoms with Gasteiger partial charge in [-0.15, -0.1) is 11.3 Å². The molecule has 1 aliphatic heterocycles. The number of anilines is 1. The molecule has 122 valence electrons. The Kier molecular flexibility index (Phi) is 6.29. The molecular formula is C14H21N3O4S. The van der Waals surface area contributed by atoms with Crippen LogP contribution < -0.4 is 5.32 Å². The zero-order chi connectivity index (χ0) is 15.9. The maximum Gasteiger partial charge on any atom is 0.249 e. The molecule has 1 aliphatic rings. The van der Waals surface area contributed by atoms with Gasteiger partial charge in [0.2, 0.25) is 11.8 Å². The lowest BCUT2D eigenvalue weighted by atomic mass is 10.2. The molecule has 0 aromatic carbocycles. The number of aryl methyl sites for hydroxylation is 1. The van der Waals surface area contributed by atoms with Gasteiger partial charge in [-0.1, -0.05) is 0 Å². The van der Waals surface area contributed by atoms with Crippen LogP contribution in [-0.4, -0.2) is 61.2 Å². The molecule has 1 N–H and O–H groups in total. The number of hydrogen-bond acceptors (Lipinski definition) is 6. The Morgan fingerprint density at radius 2 is 2.41 bits per heavy atom. The molecule has 0 bridgehead atoms. The minimum atomic E-state index is -0.267. The van der Waals surface area contributed by atoms with Crippen molar-refractivity contribution in [1.82, 2.24) is 9.88 Å². The van der Waals surface area contributed by atoms with E-state index in [1.165, 1.54) is 23.3 Å². The van der Waals surface area contributed by atoms with Gasteiger partial charge in [0.1, 0.15) is 13.2 Å². The number of aromatic nitrogens is 1. The number of nitrogens with one attached hydrogen (secondary N) is 1. The van der Waals surface area contributed by atoms with E-state index < -0.39 is 0 Å². The zero-order valence-electron chi connectivity index (χ0n) is 12.8. The first-order valence-electron chi connectivity index (χ1n) is 7.18. The van der Waals surface area contributed by atoms with E-state index >= 15 is 0 Å². The Hall–Kier alpha value is -1.51. The van der Waals surface area contributed by atoms with E-state index in [0.29, 0.717) is 18.3 Å². The van der Waals surface area contributed by atoms with Crippen molar-refractivity contribution in [3.63, 3.8) is 0 Å². The van der Waals surface area contributed by atoms with Crippen LogP contribution in [0.1, 0.15) is 18.5 Å². The highest BCUT2D eigenvalue weighted by molar-refractivity contribution is 7.13. The van der Waals surface area contributed by atoms with Crippen LogP contribution in [0.25, 0.3) is 0 Å². The lowest BCUT2D eigenvalue weighted by molar-refractivity contribution is -0.139. The number of carbonyl (C=O) groups is 2. The summed E-state index contributed by atoms with van der Waals surface area (Å²) in [4.78, 5) is 29.8. The summed E-state index contributed by atoms with van der Waals surface area (Å²) in [5.74, 6) is -0.486. The fourth-order valence-electron chi connectivity index (χ4n) is 2.25. The smallest absolute Gasteiger partial charge is 0.249 e. The van der Waals surface area contributed by atoms with E-state index in [2.05, 4.69) is 10.3 Å². The number of thiazole rings is 1. The molecule has 0 aliphatic carbocycles. The minimum absolute atomic E-state index is 0.00397. The second kappa shape index (κ2) is 8.21. The quantitative estimate of drug-likeness (QED) is 0.809. The van der Waals surface area contributed by atoms with Crippen molar-refractivity contribution in [2.45, 2.75) is 25.9 Å². The fraction of sp³-hybridized carbons (Fsp3) is 0.643. The summed E-state index contributed by atoms with van der Waals surface area (Å²) in [6.45, 7) is 2.91. The summed E-state index contributed by atoms with van der Waals surface area (Å²) in [6.07, 6.45) is 1.89. The minimum Gasteiger partial charge on any atom is -0.376 e. The molecule has 2 amide bonds. The lowest BCUT2D eigenvalue weighted by Crippen LogP contribution is -2.43. The monoisotopic (exact) mass is 327 g/mol. The average Bonchev–Trinajstić information content (AvgIpc) is 3.10. The van der Waals surface area contributed by atoms with Crippen molar-refractivity contribution in [2.24, 2.45) is 0 Å². The second-order valence-electron chi connectivity index (χ2n) is 5.18. The van der Waals surface area contributed by atoms with Gasteiger partial charge in [-0.05, 0) is 19.8 Å². The Bertz CT molecular complexity index is 514. The highest BCUT2D eigenvalue weighted by Gasteiger charge is 2.24. The highest BCUT2D eigenvalue weighted by atomic mass is 32.1. The maximum absolute atomic E-state index is 12.1. The first kappa shape index (κ1) is 16.9. The van der Waals surface area contributed by atoms with E-state index in [1.54, 1.807) is 0 Å². The van der Waals surface area contributed by atoms with Gasteiger partial charge in [-0.25, -0.2) is 4.98 Å². The number of nitrogens with zero attached hydrogens (tertiary/aromatic N) is 2. The van der Waals surface area contributed by atoms with Crippen LogP contribution in [-0.2, 0) is 19.1 Å². The number of rotatable bonds is 7. The number of amides is 2. The second-order valence-corrected chi connectivity index (χ2v) is 6.04. The summed E-state index contributed by atoms with van der Waals surface area (Å²) >= 11 is 1.36. The molecule has 8 heteroatoms. The molecule has 7 nitrogen and oxygen atoms in total. The van der Waals surface area contributed by atoms with Crippen LogP contribution in [0.15, 0.2) is 5.38 Å². The van der Waals surface area contributed by atoms with Gasteiger partial charge in [0.05, 0.1) is 11.8 Å². The first-order valence-corrected chi connectivity index (χ1v) is 8.06. The molecule has 0 saturated carbocycles. The van der Waals surface area contributed by atoms with Crippen LogP contribution >= 0.6 is 11.3 Å². The van der Waals surface area contributed by atoms with E-state index in [-0.39, 0.29) is 31.1 Å². The molecule has 0 spiro atoms. The van der Waals surface area contributed by atoms with Crippen LogP contribution in [0, 0.1) is 6.92 Å². The normalized spacial score (nSPS) is 17.5. The number of carbonyl (C=O) groups excluding carboxylic acids is 2. The molecular weight excluding hydrogens is 306 g/mol. The molecule has 0 unspecified atom stereocenters. The topological polar surface area (TPSA) is 80.8 Å². The molecule has 1 aromatic heterocycles. The van der Waals surface area contributed by atoms with Crippen LogP contribution in [0.3, 0.4) is 0 Å². The highest BCUT2D eigenvalue weighted by Crippen LogP contribution is 2.15. The maximum atomic E-state index is 12.1. The van der Waals surface area contributed by atoms with Gasteiger partial charge in [0.25, 0.3) is 0 Å². The van der Waals surface area contributed by atoms with Crippen molar-refractivity contribution in [3.8, 4) is 0 Å². The Balaban J connectivity index is 1.91. The standard InChI is InChI=1S/C14H21N3O4S/c1-10-9-22-14(15-10)16-12(18)7-17(13(19)8-20-2)6-11-4-3-5-21-11/h9,11H,3-8H2,1-2H3,(H,15,16,18)/t11-/m1/s1. The Labute approximate surface area is 133 Å². The Morgan fingerprint density at radius 3 is 3.00 bits per heavy atom. The number of hydrogen-bond donors (Lipinski definition) is 1. The summed E-state index contributed by atoms with van der Waals surface area (Å²) < 4.78 is 10.4. The summed E-state index contributed by atoms with van der Waals surface area (Å²) in [5, 5.41) is 5.11. The fourth-order valence-corrected chi connectivity index (χ4v) is 2.95. The molecule has 0 radical (unpaired) electrons. The van der Waals surface area contributed by atoms with E-state index in [0.717, 1.165) is 18.5 Å². The lowest BCUT2D eigenvalue weighted by Gasteiger charge is -2.24. The van der Waals surface area contributed by atoms with Gasteiger partial charge in [-0.3, -0.25) is 9.59 Å². The molecule has 1 atom stereocenters. The summed E-state index contributed by atoms with van der Waals surface area (Å²) in [5.41, 5.74) is 0.854. The van der Waals surface area contributed by atoms with Crippen LogP contribution in [0.4, 0.5) is 5.13 Å². The molecule has 2 rings (SSSR count). The third-order valence-electron chi connectivity index (χ3n) is 3.27. The van der Waals surface area contributed by atoms with Crippen LogP contribution in [0.5, 0.6) is 0 Å². The molecule has 2 heterocycles. The summed E-state index contributed by atoms with van der Waals surface area (Å²) in [6, 6.07) is 0. The first-order chi connectivity index (χ1) is 10.6. The molecule has 1 fully saturated rings. The van der Waals surface area contributed by atoms with Gasteiger partial charge < -0.3 is 19.7 Å². The van der Waals surface area contributed by atoms with E-state index in [1.807, 2.05) is 12.3 Å². The van der Waals surface area contributed by atoms with Crippen molar-refractivity contribution in [3.05, 3.63) is 11.1 Å². The van der Waals surface area contributed by atoms with Gasteiger partial charge in [-0.2, -0.15) is 0 Å². The average molecular weight is 327 g/mol. The van der Waals surface area contributed by atoms with Gasteiger partial charge in [0.15, 0.2) is 5.13 Å². The SMILES string of the molecule is COCC(=O)N(CC(=O)Nc1nc(C)cs1)C[C@H]1CCCO1. The molecule has 22 heavy (non-hydrogen) atoms. The Morgan fingerprint density at radius 1 is 1.59 bits per heavy atom. The predicted octanol–water partition coefficient (Wildman–Crippen LogP) is 1.04. The zero-order valence-corrected chi connectivity index (χ0v) is 13.6. The van der Waals surface area contributed by atoms with Crippen molar-refractivity contribution >= 4 is 28.3 Å². The number of ether oxygens (including phenoxy) is 2. The van der Waals surface area contributed by atoms with Crippen LogP contribution in [0.2, 0.25) is 0 Å². The van der Waals surface area contributed by atoms with Crippen molar-refractivity contribution < 1.29 is 19.1 Å². The van der Waals surface area contributed by atoms with Crippen molar-refractivity contribution in [1.29, 1.82) is 0 Å². The third-order valence-corrected chi connectivity index (χ3v) is 4.14. The third kappa shape index (κ3) is 5.04. The van der Waals surface area contributed by atoms with E-state index in [4.69, 9.17) is 9.47 Å². The van der Waals surface area contributed by atoms with Crippen molar-refractivity contribution in [2.75, 3.05) is 38.7 Å². The molecule has 1 saturated heterocycles. The van der Waals surface area contributed by atoms with Gasteiger partial charge >= 0.3 is 0 Å². The number of methoxy groups -OCH3 is 1. The molecule has 1 aromatic rings. The largest absolute Gasteiger partial charge is 0.376 e.